The fraction of sp³-hybridized carbons (Fsp3) is 0.217. The lowest BCUT2D eigenvalue weighted by atomic mass is 10.1. The average molecular weight is 570 g/mol. The Balaban J connectivity index is 1.77. The van der Waals surface area contributed by atoms with Gasteiger partial charge in [0, 0.05) is 46.2 Å². The smallest absolute Gasteiger partial charge is 0.323 e. The summed E-state index contributed by atoms with van der Waals surface area (Å²) in [6.07, 6.45) is 5.20. The highest BCUT2D eigenvalue weighted by Gasteiger charge is 2.36. The van der Waals surface area contributed by atoms with E-state index in [2.05, 4.69) is 4.98 Å². The molecular formula is C23H22Cl2N3O6PS. The predicted molar refractivity (Wildman–Crippen MR) is 140 cm³/mol. The molecule has 2 aromatic heterocycles. The summed E-state index contributed by atoms with van der Waals surface area (Å²) < 4.78 is 41.3. The summed E-state index contributed by atoms with van der Waals surface area (Å²) in [4.78, 5) is 35.8. The van der Waals surface area contributed by atoms with Crippen molar-refractivity contribution < 1.29 is 27.6 Å². The zero-order chi connectivity index (χ0) is 26.3. The molecule has 2 N–H and O–H groups in total. The van der Waals surface area contributed by atoms with Crippen molar-refractivity contribution in [2.75, 3.05) is 10.6 Å². The number of fused-ring (bicyclic) bond motifs is 1. The molecule has 1 aliphatic rings. The Hall–Kier alpha value is -2.46. The minimum Gasteiger partial charge on any atom is -0.323 e. The van der Waals surface area contributed by atoms with Crippen molar-refractivity contribution in [1.29, 1.82) is 0 Å². The number of nitrogens with zero attached hydrogens (tertiary/aromatic N) is 3. The highest BCUT2D eigenvalue weighted by Crippen LogP contribution is 2.41. The number of carbonyl (C=O) groups is 1. The Bertz CT molecular complexity index is 1560. The monoisotopic (exact) mass is 569 g/mol. The van der Waals surface area contributed by atoms with Crippen molar-refractivity contribution in [3.05, 3.63) is 76.6 Å². The van der Waals surface area contributed by atoms with Crippen LogP contribution in [0.15, 0.2) is 71.0 Å². The number of ketones is 1. The molecular weight excluding hydrogens is 548 g/mol. The predicted octanol–water partition coefficient (Wildman–Crippen LogP) is 4.91. The van der Waals surface area contributed by atoms with E-state index in [9.17, 15) is 27.6 Å². The molecule has 3 aromatic rings. The topological polar surface area (TPSA) is 130 Å². The number of carbonyl (C=O) groups excluding carboxylic acids is 1. The van der Waals surface area contributed by atoms with Gasteiger partial charge < -0.3 is 14.4 Å². The molecule has 4 rings (SSSR count). The normalized spacial score (nSPS) is 16.5. The number of allylic oxidation sites excluding steroid dienone is 3. The number of pyridine rings is 1. The van der Waals surface area contributed by atoms with Crippen molar-refractivity contribution in [2.45, 2.75) is 25.0 Å². The van der Waals surface area contributed by atoms with Gasteiger partial charge in [-0.25, -0.2) is 13.4 Å². The molecule has 0 amide bonds. The summed E-state index contributed by atoms with van der Waals surface area (Å²) >= 11 is 12.1. The molecule has 0 bridgehead atoms. The largest absolute Gasteiger partial charge is 0.345 e. The first-order chi connectivity index (χ1) is 16.9. The summed E-state index contributed by atoms with van der Waals surface area (Å²) in [5.41, 5.74) is 1.25. The number of anilines is 1. The van der Waals surface area contributed by atoms with Crippen molar-refractivity contribution in [2.24, 2.45) is 0 Å². The number of halogens is 2. The van der Waals surface area contributed by atoms with E-state index in [1.165, 1.54) is 30.5 Å². The van der Waals surface area contributed by atoms with E-state index in [4.69, 9.17) is 23.2 Å². The van der Waals surface area contributed by atoms with Gasteiger partial charge in [-0.15, -0.1) is 0 Å². The van der Waals surface area contributed by atoms with E-state index in [-0.39, 0.29) is 28.0 Å². The SMILES string of the molecule is CCC(=O)c1ccnc(-n2ccc3cc(N(CP(=O)(O)O)S(=O)(=O)C4C=C(Cl)C=C(Cl)C4)ccc32)c1. The molecule has 0 fully saturated rings. The second kappa shape index (κ2) is 10.1. The van der Waals surface area contributed by atoms with Crippen LogP contribution in [0.3, 0.4) is 0 Å². The zero-order valence-corrected chi connectivity index (χ0v) is 22.2. The van der Waals surface area contributed by atoms with Crippen LogP contribution in [-0.4, -0.2) is 45.1 Å². The van der Waals surface area contributed by atoms with Crippen molar-refractivity contribution in [3.8, 4) is 5.82 Å². The first kappa shape index (κ1) is 26.6. The number of rotatable bonds is 8. The molecule has 190 valence electrons. The molecule has 13 heteroatoms. The van der Waals surface area contributed by atoms with Gasteiger partial charge in [0.1, 0.15) is 17.4 Å². The number of hydrogen-bond acceptors (Lipinski definition) is 5. The number of sulfonamides is 1. The fourth-order valence-corrected chi connectivity index (χ4v) is 7.75. The minimum atomic E-state index is -4.79. The van der Waals surface area contributed by atoms with Gasteiger partial charge in [-0.2, -0.15) is 0 Å². The van der Waals surface area contributed by atoms with Crippen LogP contribution < -0.4 is 4.31 Å². The van der Waals surface area contributed by atoms with E-state index in [1.807, 2.05) is 0 Å². The Labute approximate surface area is 217 Å². The Morgan fingerprint density at radius 1 is 1.22 bits per heavy atom. The van der Waals surface area contributed by atoms with Gasteiger partial charge in [-0.05, 0) is 48.6 Å². The Morgan fingerprint density at radius 2 is 1.97 bits per heavy atom. The maximum absolute atomic E-state index is 13.5. The van der Waals surface area contributed by atoms with Gasteiger partial charge in [0.15, 0.2) is 5.78 Å². The third-order valence-corrected chi connectivity index (χ3v) is 9.00. The number of aromatic nitrogens is 2. The van der Waals surface area contributed by atoms with E-state index in [0.29, 0.717) is 33.0 Å². The highest BCUT2D eigenvalue weighted by atomic mass is 35.5. The average Bonchev–Trinajstić information content (AvgIpc) is 3.24. The molecule has 0 aliphatic heterocycles. The standard InChI is InChI=1S/C23H22Cl2N3O6PS/c1-2-22(29)16-5-7-26-23(10-16)27-8-6-15-9-19(3-4-21(15)27)28(14-35(30,31)32)36(33,34)20-12-17(24)11-18(25)13-20/h3-12,20H,2,13-14H2,1H3,(H2,30,31,32). The van der Waals surface area contributed by atoms with Gasteiger partial charge in [0.25, 0.3) is 0 Å². The first-order valence-electron chi connectivity index (χ1n) is 10.8. The molecule has 0 radical (unpaired) electrons. The number of hydrogen-bond donors (Lipinski definition) is 2. The lowest BCUT2D eigenvalue weighted by Crippen LogP contribution is -2.39. The van der Waals surface area contributed by atoms with Crippen LogP contribution in [0.5, 0.6) is 0 Å². The highest BCUT2D eigenvalue weighted by molar-refractivity contribution is 7.93. The maximum Gasteiger partial charge on any atom is 0.345 e. The van der Waals surface area contributed by atoms with Crippen LogP contribution in [0.4, 0.5) is 5.69 Å². The Kier molecular flexibility index (Phi) is 7.48. The van der Waals surface area contributed by atoms with Crippen molar-refractivity contribution >= 4 is 63.2 Å². The second-order valence-electron chi connectivity index (χ2n) is 8.19. The van der Waals surface area contributed by atoms with E-state index in [0.717, 1.165) is 0 Å². The van der Waals surface area contributed by atoms with Gasteiger partial charge in [-0.1, -0.05) is 30.1 Å². The molecule has 1 aliphatic carbocycles. The van der Waals surface area contributed by atoms with E-state index in [1.54, 1.807) is 42.0 Å². The maximum atomic E-state index is 13.5. The van der Waals surface area contributed by atoms with Crippen LogP contribution in [0.25, 0.3) is 16.7 Å². The molecule has 1 aromatic carbocycles. The Morgan fingerprint density at radius 3 is 2.64 bits per heavy atom. The molecule has 1 unspecified atom stereocenters. The minimum absolute atomic E-state index is 0.0255. The third-order valence-electron chi connectivity index (χ3n) is 5.64. The molecule has 9 nitrogen and oxygen atoms in total. The number of Topliss-reactive ketones (excluding diaryl/α,β-unsaturated/α-hetero) is 1. The molecule has 2 heterocycles. The molecule has 0 saturated heterocycles. The van der Waals surface area contributed by atoms with Crippen LogP contribution >= 0.6 is 30.8 Å². The lowest BCUT2D eigenvalue weighted by Gasteiger charge is -2.29. The summed E-state index contributed by atoms with van der Waals surface area (Å²) in [6.45, 7) is 1.77. The zero-order valence-electron chi connectivity index (χ0n) is 19.0. The lowest BCUT2D eigenvalue weighted by molar-refractivity contribution is 0.0988. The first-order valence-corrected chi connectivity index (χ1v) is 14.8. The third kappa shape index (κ3) is 5.59. The second-order valence-corrected chi connectivity index (χ2v) is 12.8. The van der Waals surface area contributed by atoms with Crippen LogP contribution in [-0.2, 0) is 14.6 Å². The van der Waals surface area contributed by atoms with Gasteiger partial charge in [0.2, 0.25) is 10.0 Å². The molecule has 0 spiro atoms. The summed E-state index contributed by atoms with van der Waals surface area (Å²) in [7, 11) is -9.10. The number of benzene rings is 1. The van der Waals surface area contributed by atoms with Crippen LogP contribution in [0.2, 0.25) is 0 Å². The molecule has 0 saturated carbocycles. The van der Waals surface area contributed by atoms with Gasteiger partial charge >= 0.3 is 7.60 Å². The van der Waals surface area contributed by atoms with Crippen LogP contribution in [0.1, 0.15) is 30.1 Å². The summed E-state index contributed by atoms with van der Waals surface area (Å²) in [5.74, 6) is 0.475. The fourth-order valence-electron chi connectivity index (χ4n) is 3.93. The van der Waals surface area contributed by atoms with Gasteiger partial charge in [-0.3, -0.25) is 13.7 Å². The summed E-state index contributed by atoms with van der Waals surface area (Å²) in [5, 5.41) is -0.254. The molecule has 1 atom stereocenters. The van der Waals surface area contributed by atoms with E-state index >= 15 is 0 Å². The van der Waals surface area contributed by atoms with Gasteiger partial charge in [0.05, 0.1) is 11.2 Å². The quantitative estimate of drug-likeness (QED) is 0.291. The van der Waals surface area contributed by atoms with Crippen molar-refractivity contribution in [3.63, 3.8) is 0 Å². The molecule has 36 heavy (non-hydrogen) atoms. The van der Waals surface area contributed by atoms with Crippen LogP contribution in [0, 0.1) is 0 Å². The van der Waals surface area contributed by atoms with Crippen molar-refractivity contribution in [1.82, 2.24) is 9.55 Å². The summed E-state index contributed by atoms with van der Waals surface area (Å²) in [6, 6.07) is 9.62. The van der Waals surface area contributed by atoms with E-state index < -0.39 is 29.2 Å².